The zero-order valence-corrected chi connectivity index (χ0v) is 15.3. The van der Waals surface area contributed by atoms with Gasteiger partial charge in [-0.05, 0) is 42.3 Å². The van der Waals surface area contributed by atoms with Crippen LogP contribution >= 0.6 is 0 Å². The molecule has 1 amide bonds. The van der Waals surface area contributed by atoms with Crippen molar-refractivity contribution in [2.45, 2.75) is 13.8 Å². The second-order valence-electron chi connectivity index (χ2n) is 6.22. The number of amides is 1. The van der Waals surface area contributed by atoms with Crippen LogP contribution in [0.15, 0.2) is 48.5 Å². The molecule has 0 saturated heterocycles. The number of ether oxygens (including phenoxy) is 3. The first-order valence-electron chi connectivity index (χ1n) is 8.52. The van der Waals surface area contributed by atoms with Gasteiger partial charge in [0.25, 0.3) is 5.91 Å². The highest BCUT2D eigenvalue weighted by Crippen LogP contribution is 2.20. The summed E-state index contributed by atoms with van der Waals surface area (Å²) in [4.78, 5) is 22.5. The van der Waals surface area contributed by atoms with Crippen molar-refractivity contribution < 1.29 is 28.9 Å². The van der Waals surface area contributed by atoms with Gasteiger partial charge in [-0.15, -0.1) is 0 Å². The van der Waals surface area contributed by atoms with Gasteiger partial charge in [-0.2, -0.15) is 0 Å². The second kappa shape index (κ2) is 10.1. The normalized spacial score (nSPS) is 10.3. The van der Waals surface area contributed by atoms with Crippen LogP contribution in [0.4, 0.5) is 5.69 Å². The Kier molecular flexibility index (Phi) is 7.49. The fraction of sp³-hybridized carbons (Fsp3) is 0.300. The van der Waals surface area contributed by atoms with E-state index >= 15 is 0 Å². The second-order valence-corrected chi connectivity index (χ2v) is 6.22. The van der Waals surface area contributed by atoms with Gasteiger partial charge >= 0.3 is 5.97 Å². The minimum Gasteiger partial charge on any atom is -0.493 e. The summed E-state index contributed by atoms with van der Waals surface area (Å²) in [7, 11) is 0. The van der Waals surface area contributed by atoms with Crippen molar-refractivity contribution in [2.75, 3.05) is 25.1 Å². The van der Waals surface area contributed by atoms with E-state index in [2.05, 4.69) is 19.2 Å². The van der Waals surface area contributed by atoms with Gasteiger partial charge in [-0.1, -0.05) is 19.9 Å². The van der Waals surface area contributed by atoms with Crippen LogP contribution in [-0.4, -0.2) is 36.8 Å². The first kappa shape index (κ1) is 20.1. The Bertz CT molecular complexity index is 757. The number of benzene rings is 2. The van der Waals surface area contributed by atoms with Gasteiger partial charge in [0.05, 0.1) is 6.61 Å². The number of carboxylic acids is 1. The first-order valence-corrected chi connectivity index (χ1v) is 8.52. The molecule has 2 aromatic carbocycles. The lowest BCUT2D eigenvalue weighted by atomic mass is 10.2. The van der Waals surface area contributed by atoms with E-state index in [9.17, 15) is 9.59 Å². The summed E-state index contributed by atoms with van der Waals surface area (Å²) in [6, 6.07) is 13.5. The quantitative estimate of drug-likeness (QED) is 0.664. The van der Waals surface area contributed by atoms with Crippen molar-refractivity contribution in [1.82, 2.24) is 0 Å². The number of carbonyl (C=O) groups is 2. The molecule has 0 aliphatic rings. The fourth-order valence-corrected chi connectivity index (χ4v) is 2.04. The Morgan fingerprint density at radius 1 is 0.926 bits per heavy atom. The van der Waals surface area contributed by atoms with Gasteiger partial charge in [0.1, 0.15) is 17.2 Å². The molecule has 2 aromatic rings. The van der Waals surface area contributed by atoms with E-state index in [0.29, 0.717) is 35.5 Å². The molecular weight excluding hydrogens is 350 g/mol. The molecule has 0 fully saturated rings. The Balaban J connectivity index is 1.80. The predicted octanol–water partition coefficient (Wildman–Crippen LogP) is 3.20. The molecule has 7 nitrogen and oxygen atoms in total. The van der Waals surface area contributed by atoms with E-state index < -0.39 is 12.6 Å². The third-order valence-electron chi connectivity index (χ3n) is 3.26. The summed E-state index contributed by atoms with van der Waals surface area (Å²) in [5, 5.41) is 11.3. The fourth-order valence-electron chi connectivity index (χ4n) is 2.04. The largest absolute Gasteiger partial charge is 0.493 e. The Morgan fingerprint density at radius 2 is 1.56 bits per heavy atom. The molecule has 7 heteroatoms. The lowest BCUT2D eigenvalue weighted by Gasteiger charge is -2.11. The molecule has 0 spiro atoms. The average molecular weight is 373 g/mol. The van der Waals surface area contributed by atoms with E-state index in [4.69, 9.17) is 19.3 Å². The summed E-state index contributed by atoms with van der Waals surface area (Å²) in [6.45, 7) is 4.17. The summed E-state index contributed by atoms with van der Waals surface area (Å²) in [5.74, 6) is 0.694. The van der Waals surface area contributed by atoms with Crippen LogP contribution in [0.25, 0.3) is 0 Å². The lowest BCUT2D eigenvalue weighted by molar-refractivity contribution is -0.139. The number of carboxylic acid groups (broad SMARTS) is 1. The van der Waals surface area contributed by atoms with Crippen LogP contribution in [0.5, 0.6) is 17.2 Å². The SMILES string of the molecule is CC(C)COc1cccc(OCC(=O)Nc2ccc(OCC(=O)O)cc2)c1. The Morgan fingerprint density at radius 3 is 2.19 bits per heavy atom. The van der Waals surface area contributed by atoms with Crippen molar-refractivity contribution in [3.8, 4) is 17.2 Å². The summed E-state index contributed by atoms with van der Waals surface area (Å²) in [5.41, 5.74) is 0.556. The molecule has 0 heterocycles. The van der Waals surface area contributed by atoms with E-state index in [1.165, 1.54) is 0 Å². The number of hydrogen-bond acceptors (Lipinski definition) is 5. The van der Waals surface area contributed by atoms with Gasteiger partial charge in [0.2, 0.25) is 0 Å². The van der Waals surface area contributed by atoms with Gasteiger partial charge in [0, 0.05) is 11.8 Å². The highest BCUT2D eigenvalue weighted by Gasteiger charge is 2.06. The number of nitrogens with one attached hydrogen (secondary N) is 1. The Hall–Kier alpha value is -3.22. The third kappa shape index (κ3) is 7.68. The van der Waals surface area contributed by atoms with E-state index in [1.54, 1.807) is 42.5 Å². The zero-order chi connectivity index (χ0) is 19.6. The number of hydrogen-bond donors (Lipinski definition) is 2. The molecule has 144 valence electrons. The standard InChI is InChI=1S/C20H23NO6/c1-14(2)11-25-17-4-3-5-18(10-17)26-12-19(22)21-15-6-8-16(9-7-15)27-13-20(23)24/h3-10,14H,11-13H2,1-2H3,(H,21,22)(H,23,24). The van der Waals surface area contributed by atoms with Crippen molar-refractivity contribution in [1.29, 1.82) is 0 Å². The minimum absolute atomic E-state index is 0.148. The number of carbonyl (C=O) groups excluding carboxylic acids is 1. The lowest BCUT2D eigenvalue weighted by Crippen LogP contribution is -2.20. The molecule has 2 rings (SSSR count). The maximum atomic E-state index is 12.0. The molecule has 0 aliphatic heterocycles. The molecule has 0 atom stereocenters. The van der Waals surface area contributed by atoms with Gasteiger partial charge in [-0.3, -0.25) is 4.79 Å². The van der Waals surface area contributed by atoms with E-state index in [1.807, 2.05) is 6.07 Å². The first-order chi connectivity index (χ1) is 12.9. The molecule has 2 N–H and O–H groups in total. The summed E-state index contributed by atoms with van der Waals surface area (Å²) >= 11 is 0. The molecule has 0 saturated carbocycles. The molecule has 0 unspecified atom stereocenters. The Labute approximate surface area is 157 Å². The summed E-state index contributed by atoms with van der Waals surface area (Å²) in [6.07, 6.45) is 0. The minimum atomic E-state index is -1.05. The highest BCUT2D eigenvalue weighted by molar-refractivity contribution is 5.91. The van der Waals surface area contributed by atoms with Crippen LogP contribution in [0.3, 0.4) is 0 Å². The van der Waals surface area contributed by atoms with Crippen LogP contribution in [0, 0.1) is 5.92 Å². The topological polar surface area (TPSA) is 94.1 Å². The third-order valence-corrected chi connectivity index (χ3v) is 3.26. The smallest absolute Gasteiger partial charge is 0.341 e. The number of aliphatic carboxylic acids is 1. The monoisotopic (exact) mass is 373 g/mol. The molecule has 0 radical (unpaired) electrons. The van der Waals surface area contributed by atoms with Crippen LogP contribution in [-0.2, 0) is 9.59 Å². The van der Waals surface area contributed by atoms with Crippen LogP contribution < -0.4 is 19.5 Å². The maximum Gasteiger partial charge on any atom is 0.341 e. The summed E-state index contributed by atoms with van der Waals surface area (Å²) < 4.78 is 16.2. The van der Waals surface area contributed by atoms with Gasteiger partial charge < -0.3 is 24.6 Å². The van der Waals surface area contributed by atoms with E-state index in [0.717, 1.165) is 0 Å². The number of anilines is 1. The zero-order valence-electron chi connectivity index (χ0n) is 15.3. The molecule has 0 aliphatic carbocycles. The van der Waals surface area contributed by atoms with Crippen LogP contribution in [0.1, 0.15) is 13.8 Å². The molecular formula is C20H23NO6. The van der Waals surface area contributed by atoms with Gasteiger partial charge in [-0.25, -0.2) is 4.79 Å². The number of rotatable bonds is 10. The maximum absolute atomic E-state index is 12.0. The van der Waals surface area contributed by atoms with Crippen molar-refractivity contribution >= 4 is 17.6 Å². The van der Waals surface area contributed by atoms with Crippen LogP contribution in [0.2, 0.25) is 0 Å². The molecule has 0 bridgehead atoms. The van der Waals surface area contributed by atoms with E-state index in [-0.39, 0.29) is 12.5 Å². The molecule has 27 heavy (non-hydrogen) atoms. The van der Waals surface area contributed by atoms with Crippen molar-refractivity contribution in [3.63, 3.8) is 0 Å². The van der Waals surface area contributed by atoms with Crippen molar-refractivity contribution in [3.05, 3.63) is 48.5 Å². The highest BCUT2D eigenvalue weighted by atomic mass is 16.5. The molecule has 0 aromatic heterocycles. The van der Waals surface area contributed by atoms with Crippen molar-refractivity contribution in [2.24, 2.45) is 5.92 Å². The average Bonchev–Trinajstić information content (AvgIpc) is 2.64. The van der Waals surface area contributed by atoms with Gasteiger partial charge in [0.15, 0.2) is 13.2 Å². The predicted molar refractivity (Wildman–Crippen MR) is 100 cm³/mol.